The molecule has 1 aliphatic heterocycles. The molecule has 1 aromatic carbocycles. The Morgan fingerprint density at radius 2 is 1.83 bits per heavy atom. The van der Waals surface area contributed by atoms with Gasteiger partial charge in [-0.05, 0) is 42.8 Å². The molecule has 3 amide bonds. The van der Waals surface area contributed by atoms with Gasteiger partial charge in [-0.15, -0.1) is 11.8 Å². The number of imidazole rings is 1. The summed E-state index contributed by atoms with van der Waals surface area (Å²) in [6, 6.07) is 13.4. The minimum absolute atomic E-state index is 0.122. The Morgan fingerprint density at radius 1 is 1.07 bits per heavy atom. The highest BCUT2D eigenvalue weighted by Crippen LogP contribution is 2.23. The molecule has 0 bridgehead atoms. The molecular formula is C22H22N4O3S. The highest BCUT2D eigenvalue weighted by atomic mass is 32.2. The fraction of sp³-hybridized carbons (Fsp3) is 0.273. The van der Waals surface area contributed by atoms with Crippen LogP contribution in [0.15, 0.2) is 59.8 Å². The number of imide groups is 1. The van der Waals surface area contributed by atoms with Crippen LogP contribution in [0, 0.1) is 0 Å². The van der Waals surface area contributed by atoms with Crippen molar-refractivity contribution in [2.75, 3.05) is 13.1 Å². The van der Waals surface area contributed by atoms with Crippen molar-refractivity contribution in [3.05, 3.63) is 66.1 Å². The van der Waals surface area contributed by atoms with E-state index >= 15 is 0 Å². The average Bonchev–Trinajstić information content (AvgIpc) is 3.32. The first kappa shape index (κ1) is 20.2. The van der Waals surface area contributed by atoms with Gasteiger partial charge in [0, 0.05) is 54.5 Å². The molecule has 1 saturated heterocycles. The van der Waals surface area contributed by atoms with E-state index in [0.717, 1.165) is 22.0 Å². The summed E-state index contributed by atoms with van der Waals surface area (Å²) in [5, 5.41) is 2.84. The topological polar surface area (TPSA) is 83.8 Å². The third-order valence-corrected chi connectivity index (χ3v) is 5.96. The van der Waals surface area contributed by atoms with Crippen molar-refractivity contribution in [1.29, 1.82) is 0 Å². The molecule has 3 heterocycles. The summed E-state index contributed by atoms with van der Waals surface area (Å²) in [4.78, 5) is 42.3. The first-order valence-corrected chi connectivity index (χ1v) is 10.9. The van der Waals surface area contributed by atoms with Crippen LogP contribution in [0.2, 0.25) is 0 Å². The van der Waals surface area contributed by atoms with Crippen molar-refractivity contribution in [2.45, 2.75) is 29.9 Å². The number of pyridine rings is 1. The van der Waals surface area contributed by atoms with E-state index in [1.54, 1.807) is 23.9 Å². The number of likely N-dealkylation sites (tertiary alicyclic amines) is 1. The molecule has 0 atom stereocenters. The largest absolute Gasteiger partial charge is 0.352 e. The Bertz CT molecular complexity index is 1030. The molecule has 0 saturated carbocycles. The fourth-order valence-electron chi connectivity index (χ4n) is 3.33. The molecule has 30 heavy (non-hydrogen) atoms. The minimum atomic E-state index is -0.161. The minimum Gasteiger partial charge on any atom is -0.352 e. The molecule has 0 unspecified atom stereocenters. The quantitative estimate of drug-likeness (QED) is 0.343. The number of hydrogen-bond acceptors (Lipinski definition) is 5. The molecule has 1 aliphatic rings. The number of nitrogens with zero attached hydrogens (tertiary/aromatic N) is 3. The molecule has 7 nitrogen and oxygen atoms in total. The molecule has 8 heteroatoms. The maximum absolute atomic E-state index is 12.3. The predicted octanol–water partition coefficient (Wildman–Crippen LogP) is 2.90. The van der Waals surface area contributed by atoms with Gasteiger partial charge in [0.15, 0.2) is 0 Å². The number of nitrogens with one attached hydrogen (secondary N) is 1. The monoisotopic (exact) mass is 422 g/mol. The Morgan fingerprint density at radius 3 is 2.57 bits per heavy atom. The van der Waals surface area contributed by atoms with E-state index in [-0.39, 0.29) is 17.7 Å². The summed E-state index contributed by atoms with van der Waals surface area (Å²) in [6.07, 6.45) is 5.15. The van der Waals surface area contributed by atoms with Gasteiger partial charge < -0.3 is 9.72 Å². The zero-order chi connectivity index (χ0) is 20.9. The highest BCUT2D eigenvalue weighted by molar-refractivity contribution is 7.98. The Hall–Kier alpha value is -3.13. The van der Waals surface area contributed by atoms with Gasteiger partial charge in [0.25, 0.3) is 5.91 Å². The summed E-state index contributed by atoms with van der Waals surface area (Å²) in [6.45, 7) is 0.775. The van der Waals surface area contributed by atoms with E-state index in [0.29, 0.717) is 37.9 Å². The van der Waals surface area contributed by atoms with Crippen LogP contribution in [0.4, 0.5) is 0 Å². The lowest BCUT2D eigenvalue weighted by molar-refractivity contribution is -0.138. The van der Waals surface area contributed by atoms with Gasteiger partial charge >= 0.3 is 0 Å². The standard InChI is InChI=1S/C22H22N4O3S/c27-20-9-10-21(28)26(20)13-3-11-23-22(29)16-5-7-18(8-6-16)30-15-17-14-25-12-2-1-4-19(25)24-17/h1-2,4-8,12,14H,3,9-11,13,15H2,(H,23,29). The van der Waals surface area contributed by atoms with Gasteiger partial charge in [-0.3, -0.25) is 19.3 Å². The number of carbonyl (C=O) groups excluding carboxylic acids is 3. The van der Waals surface area contributed by atoms with E-state index in [2.05, 4.69) is 10.3 Å². The second kappa shape index (κ2) is 9.13. The zero-order valence-corrected chi connectivity index (χ0v) is 17.2. The van der Waals surface area contributed by atoms with Gasteiger partial charge in [-0.2, -0.15) is 0 Å². The van der Waals surface area contributed by atoms with Crippen LogP contribution in [0.5, 0.6) is 0 Å². The van der Waals surface area contributed by atoms with E-state index < -0.39 is 0 Å². The summed E-state index contributed by atoms with van der Waals surface area (Å²) in [5.74, 6) is 0.346. The third kappa shape index (κ3) is 4.71. The normalized spacial score (nSPS) is 13.9. The van der Waals surface area contributed by atoms with Crippen molar-refractivity contribution in [2.24, 2.45) is 0 Å². The summed E-state index contributed by atoms with van der Waals surface area (Å²) >= 11 is 1.67. The Labute approximate surface area is 178 Å². The van der Waals surface area contributed by atoms with Crippen LogP contribution >= 0.6 is 11.8 Å². The van der Waals surface area contributed by atoms with Crippen molar-refractivity contribution in [1.82, 2.24) is 19.6 Å². The number of aromatic nitrogens is 2. The van der Waals surface area contributed by atoms with Crippen LogP contribution in [0.25, 0.3) is 5.65 Å². The van der Waals surface area contributed by atoms with Gasteiger partial charge in [0.05, 0.1) is 5.69 Å². The molecule has 4 rings (SSSR count). The molecule has 0 radical (unpaired) electrons. The van der Waals surface area contributed by atoms with Crippen LogP contribution in [0.3, 0.4) is 0 Å². The van der Waals surface area contributed by atoms with Crippen LogP contribution in [0.1, 0.15) is 35.3 Å². The summed E-state index contributed by atoms with van der Waals surface area (Å²) in [5.41, 5.74) is 2.52. The van der Waals surface area contributed by atoms with Gasteiger partial charge in [0.1, 0.15) is 5.65 Å². The van der Waals surface area contributed by atoms with E-state index in [1.807, 2.05) is 47.1 Å². The van der Waals surface area contributed by atoms with Crippen LogP contribution in [-0.4, -0.2) is 45.1 Å². The molecule has 1 N–H and O–H groups in total. The van der Waals surface area contributed by atoms with Crippen molar-refractivity contribution < 1.29 is 14.4 Å². The number of carbonyl (C=O) groups is 3. The molecule has 1 fully saturated rings. The first-order chi connectivity index (χ1) is 14.6. The third-order valence-electron chi connectivity index (χ3n) is 4.92. The number of rotatable bonds is 8. The van der Waals surface area contributed by atoms with Gasteiger partial charge in [-0.25, -0.2) is 4.98 Å². The van der Waals surface area contributed by atoms with E-state index in [4.69, 9.17) is 0 Å². The maximum atomic E-state index is 12.3. The van der Waals surface area contributed by atoms with Gasteiger partial charge in [0.2, 0.25) is 11.8 Å². The van der Waals surface area contributed by atoms with E-state index in [1.165, 1.54) is 4.90 Å². The number of amides is 3. The SMILES string of the molecule is O=C(NCCCN1C(=O)CCC1=O)c1ccc(SCc2cn3ccccc3n2)cc1. The number of benzene rings is 1. The molecule has 0 spiro atoms. The second-order valence-corrected chi connectivity index (χ2v) is 8.11. The molecule has 0 aliphatic carbocycles. The molecule has 3 aromatic rings. The number of hydrogen-bond donors (Lipinski definition) is 1. The lowest BCUT2D eigenvalue weighted by atomic mass is 10.2. The van der Waals surface area contributed by atoms with Crippen molar-refractivity contribution in [3.63, 3.8) is 0 Å². The predicted molar refractivity (Wildman–Crippen MR) is 114 cm³/mol. The Kier molecular flexibility index (Phi) is 6.13. The highest BCUT2D eigenvalue weighted by Gasteiger charge is 2.27. The first-order valence-electron chi connectivity index (χ1n) is 9.87. The van der Waals surface area contributed by atoms with Crippen LogP contribution < -0.4 is 5.32 Å². The zero-order valence-electron chi connectivity index (χ0n) is 16.4. The fourth-order valence-corrected chi connectivity index (χ4v) is 4.11. The second-order valence-electron chi connectivity index (χ2n) is 7.06. The molecular weight excluding hydrogens is 400 g/mol. The van der Waals surface area contributed by atoms with Crippen molar-refractivity contribution in [3.8, 4) is 0 Å². The molecule has 154 valence electrons. The number of fused-ring (bicyclic) bond motifs is 1. The van der Waals surface area contributed by atoms with Crippen LogP contribution in [-0.2, 0) is 15.3 Å². The average molecular weight is 423 g/mol. The Balaban J connectivity index is 1.23. The lowest BCUT2D eigenvalue weighted by Gasteiger charge is -2.13. The smallest absolute Gasteiger partial charge is 0.251 e. The maximum Gasteiger partial charge on any atom is 0.251 e. The number of thioether (sulfide) groups is 1. The summed E-state index contributed by atoms with van der Waals surface area (Å²) in [7, 11) is 0. The molecule has 2 aromatic heterocycles. The van der Waals surface area contributed by atoms with Crippen molar-refractivity contribution >= 4 is 35.1 Å². The summed E-state index contributed by atoms with van der Waals surface area (Å²) < 4.78 is 2.00. The lowest BCUT2D eigenvalue weighted by Crippen LogP contribution is -2.33. The van der Waals surface area contributed by atoms with Gasteiger partial charge in [-0.1, -0.05) is 6.07 Å². The van der Waals surface area contributed by atoms with E-state index in [9.17, 15) is 14.4 Å².